The highest BCUT2D eigenvalue weighted by Crippen LogP contribution is 2.09. The summed E-state index contributed by atoms with van der Waals surface area (Å²) in [6, 6.07) is 9.03. The third-order valence-electron chi connectivity index (χ3n) is 2.74. The third-order valence-corrected chi connectivity index (χ3v) is 2.74. The molecular weight excluding hydrogens is 270 g/mol. The minimum atomic E-state index is -0.718. The summed E-state index contributed by atoms with van der Waals surface area (Å²) in [4.78, 5) is 23.5. The van der Waals surface area contributed by atoms with E-state index in [9.17, 15) is 9.59 Å². The van der Waals surface area contributed by atoms with Crippen LogP contribution in [0.3, 0.4) is 0 Å². The molecule has 0 aliphatic carbocycles. The van der Waals surface area contributed by atoms with Crippen LogP contribution in [0.25, 0.3) is 0 Å². The van der Waals surface area contributed by atoms with Crippen LogP contribution in [0.2, 0.25) is 0 Å². The molecule has 21 heavy (non-hydrogen) atoms. The molecule has 1 N–H and O–H groups in total. The van der Waals surface area contributed by atoms with Gasteiger partial charge < -0.3 is 14.8 Å². The highest BCUT2D eigenvalue weighted by molar-refractivity contribution is 5.81. The van der Waals surface area contributed by atoms with E-state index in [4.69, 9.17) is 9.47 Å². The summed E-state index contributed by atoms with van der Waals surface area (Å²) in [6.45, 7) is 5.30. The van der Waals surface area contributed by atoms with Gasteiger partial charge in [-0.05, 0) is 39.2 Å². The van der Waals surface area contributed by atoms with Gasteiger partial charge in [-0.3, -0.25) is 0 Å². The number of aryl methyl sites for hydroxylation is 1. The maximum Gasteiger partial charge on any atom is 0.408 e. The van der Waals surface area contributed by atoms with Crippen LogP contribution in [-0.4, -0.2) is 30.8 Å². The first-order valence-electron chi connectivity index (χ1n) is 6.93. The van der Waals surface area contributed by atoms with Crippen LogP contribution in [0.1, 0.15) is 32.8 Å². The van der Waals surface area contributed by atoms with E-state index in [0.717, 1.165) is 5.56 Å². The maximum absolute atomic E-state index is 11.8. The lowest BCUT2D eigenvalue weighted by Crippen LogP contribution is -2.44. The molecule has 1 rings (SSSR count). The van der Waals surface area contributed by atoms with Crippen molar-refractivity contribution >= 4 is 12.1 Å². The minimum Gasteiger partial charge on any atom is -0.467 e. The lowest BCUT2D eigenvalue weighted by molar-refractivity contribution is -0.143. The van der Waals surface area contributed by atoms with Crippen molar-refractivity contribution in [3.05, 3.63) is 35.9 Å². The van der Waals surface area contributed by atoms with Gasteiger partial charge in [-0.15, -0.1) is 0 Å². The SMILES string of the molecule is COC(=O)C(CCc1ccccc1)NC(=O)OC(C)(C)C. The second-order valence-electron chi connectivity index (χ2n) is 5.75. The molecule has 0 saturated heterocycles. The van der Waals surface area contributed by atoms with Gasteiger partial charge in [-0.2, -0.15) is 0 Å². The fourth-order valence-electron chi connectivity index (χ4n) is 1.80. The molecule has 0 heterocycles. The summed E-state index contributed by atoms with van der Waals surface area (Å²) >= 11 is 0. The van der Waals surface area contributed by atoms with Gasteiger partial charge in [0.2, 0.25) is 0 Å². The monoisotopic (exact) mass is 293 g/mol. The molecule has 0 fully saturated rings. The van der Waals surface area contributed by atoms with Crippen molar-refractivity contribution in [1.29, 1.82) is 0 Å². The van der Waals surface area contributed by atoms with E-state index in [0.29, 0.717) is 12.8 Å². The zero-order valence-corrected chi connectivity index (χ0v) is 13.0. The summed E-state index contributed by atoms with van der Waals surface area (Å²) in [5.74, 6) is -0.475. The number of carbonyl (C=O) groups is 2. The number of rotatable bonds is 5. The highest BCUT2D eigenvalue weighted by atomic mass is 16.6. The van der Waals surface area contributed by atoms with Gasteiger partial charge in [0.15, 0.2) is 0 Å². The van der Waals surface area contributed by atoms with Gasteiger partial charge in [-0.1, -0.05) is 30.3 Å². The maximum atomic E-state index is 11.8. The van der Waals surface area contributed by atoms with Crippen molar-refractivity contribution < 1.29 is 19.1 Å². The Morgan fingerprint density at radius 1 is 1.19 bits per heavy atom. The number of carbonyl (C=O) groups excluding carboxylic acids is 2. The normalized spacial score (nSPS) is 12.4. The van der Waals surface area contributed by atoms with Crippen molar-refractivity contribution in [2.45, 2.75) is 45.3 Å². The summed E-state index contributed by atoms with van der Waals surface area (Å²) < 4.78 is 9.88. The van der Waals surface area contributed by atoms with Gasteiger partial charge in [-0.25, -0.2) is 9.59 Å². The molecule has 1 amide bonds. The lowest BCUT2D eigenvalue weighted by Gasteiger charge is -2.22. The molecule has 5 nitrogen and oxygen atoms in total. The number of amides is 1. The molecular formula is C16H23NO4. The Kier molecular flexibility index (Phi) is 6.21. The molecule has 0 aromatic heterocycles. The first-order chi connectivity index (χ1) is 9.81. The van der Waals surface area contributed by atoms with Crippen LogP contribution < -0.4 is 5.32 Å². The number of alkyl carbamates (subject to hydrolysis) is 1. The Bertz CT molecular complexity index is 465. The molecule has 1 atom stereocenters. The van der Waals surface area contributed by atoms with Crippen molar-refractivity contribution in [2.75, 3.05) is 7.11 Å². The third kappa shape index (κ3) is 6.79. The standard InChI is InChI=1S/C16H23NO4/c1-16(2,3)21-15(19)17-13(14(18)20-4)11-10-12-8-6-5-7-9-12/h5-9,13H,10-11H2,1-4H3,(H,17,19). The second-order valence-corrected chi connectivity index (χ2v) is 5.75. The lowest BCUT2D eigenvalue weighted by atomic mass is 10.1. The molecule has 1 unspecified atom stereocenters. The van der Waals surface area contributed by atoms with E-state index in [1.165, 1.54) is 7.11 Å². The molecule has 1 aromatic carbocycles. The summed E-state index contributed by atoms with van der Waals surface area (Å²) in [5.41, 5.74) is 0.488. The Hall–Kier alpha value is -2.04. The van der Waals surface area contributed by atoms with Gasteiger partial charge in [0.25, 0.3) is 0 Å². The van der Waals surface area contributed by atoms with Gasteiger partial charge in [0, 0.05) is 0 Å². The van der Waals surface area contributed by atoms with E-state index in [-0.39, 0.29) is 0 Å². The zero-order valence-electron chi connectivity index (χ0n) is 13.0. The van der Waals surface area contributed by atoms with Crippen LogP contribution in [0.15, 0.2) is 30.3 Å². The first-order valence-corrected chi connectivity index (χ1v) is 6.93. The Morgan fingerprint density at radius 2 is 1.81 bits per heavy atom. The van der Waals surface area contributed by atoms with E-state index in [2.05, 4.69) is 5.32 Å². The predicted octanol–water partition coefficient (Wildman–Crippen LogP) is 2.69. The number of nitrogens with one attached hydrogen (secondary N) is 1. The number of esters is 1. The van der Waals surface area contributed by atoms with Crippen LogP contribution in [0.4, 0.5) is 4.79 Å². The number of hydrogen-bond acceptors (Lipinski definition) is 4. The Morgan fingerprint density at radius 3 is 2.33 bits per heavy atom. The molecule has 5 heteroatoms. The average Bonchev–Trinajstić information content (AvgIpc) is 2.41. The molecule has 0 bridgehead atoms. The number of benzene rings is 1. The molecule has 1 aromatic rings. The summed E-state index contributed by atoms with van der Waals surface area (Å²) in [5, 5.41) is 2.56. The molecule has 0 spiro atoms. The highest BCUT2D eigenvalue weighted by Gasteiger charge is 2.24. The molecule has 0 aliphatic rings. The fourth-order valence-corrected chi connectivity index (χ4v) is 1.80. The number of methoxy groups -OCH3 is 1. The van der Waals surface area contributed by atoms with Crippen LogP contribution >= 0.6 is 0 Å². The van der Waals surface area contributed by atoms with Gasteiger partial charge >= 0.3 is 12.1 Å². The average molecular weight is 293 g/mol. The zero-order chi connectivity index (χ0) is 15.9. The molecule has 116 valence electrons. The van der Waals surface area contributed by atoms with Crippen molar-refractivity contribution in [3.63, 3.8) is 0 Å². The largest absolute Gasteiger partial charge is 0.467 e. The van der Waals surface area contributed by atoms with Crippen molar-refractivity contribution in [3.8, 4) is 0 Å². The quantitative estimate of drug-likeness (QED) is 0.848. The number of hydrogen-bond donors (Lipinski definition) is 1. The first kappa shape index (κ1) is 17.0. The van der Waals surface area contributed by atoms with E-state index >= 15 is 0 Å². The topological polar surface area (TPSA) is 64.6 Å². The molecule has 0 aliphatic heterocycles. The van der Waals surface area contributed by atoms with Crippen LogP contribution in [0, 0.1) is 0 Å². The number of ether oxygens (including phenoxy) is 2. The summed E-state index contributed by atoms with van der Waals surface area (Å²) in [7, 11) is 1.30. The Balaban J connectivity index is 2.60. The van der Waals surface area contributed by atoms with Crippen molar-refractivity contribution in [2.24, 2.45) is 0 Å². The van der Waals surface area contributed by atoms with Crippen LogP contribution in [-0.2, 0) is 20.7 Å². The summed E-state index contributed by atoms with van der Waals surface area (Å²) in [6.07, 6.45) is 0.498. The Labute approximate surface area is 125 Å². The van der Waals surface area contributed by atoms with Gasteiger partial charge in [0.1, 0.15) is 11.6 Å². The van der Waals surface area contributed by atoms with E-state index in [1.54, 1.807) is 20.8 Å². The predicted molar refractivity (Wildman–Crippen MR) is 79.9 cm³/mol. The molecule has 0 saturated carbocycles. The fraction of sp³-hybridized carbons (Fsp3) is 0.500. The smallest absolute Gasteiger partial charge is 0.408 e. The van der Waals surface area contributed by atoms with E-state index in [1.807, 2.05) is 30.3 Å². The second kappa shape index (κ2) is 7.67. The minimum absolute atomic E-state index is 0.454. The van der Waals surface area contributed by atoms with E-state index < -0.39 is 23.7 Å². The van der Waals surface area contributed by atoms with Crippen molar-refractivity contribution in [1.82, 2.24) is 5.32 Å². The van der Waals surface area contributed by atoms with Crippen LogP contribution in [0.5, 0.6) is 0 Å². The molecule has 0 radical (unpaired) electrons. The van der Waals surface area contributed by atoms with Gasteiger partial charge in [0.05, 0.1) is 7.11 Å².